The van der Waals surface area contributed by atoms with Crippen molar-refractivity contribution in [1.29, 1.82) is 0 Å². The first-order valence-corrected chi connectivity index (χ1v) is 7.32. The third-order valence-corrected chi connectivity index (χ3v) is 3.21. The van der Waals surface area contributed by atoms with Crippen LogP contribution in [-0.2, 0) is 14.4 Å². The Morgan fingerprint density at radius 2 is 1.57 bits per heavy atom. The Bertz CT molecular complexity index is 369. The molecule has 0 heterocycles. The first-order valence-electron chi connectivity index (χ1n) is 7.32. The van der Waals surface area contributed by atoms with Crippen LogP contribution in [-0.4, -0.2) is 42.1 Å². The highest BCUT2D eigenvalue weighted by molar-refractivity contribution is 6.41. The van der Waals surface area contributed by atoms with Gasteiger partial charge in [0.15, 0.2) is 0 Å². The molecule has 0 aromatic heterocycles. The van der Waals surface area contributed by atoms with Gasteiger partial charge in [-0.25, -0.2) is 0 Å². The van der Waals surface area contributed by atoms with Crippen LogP contribution >= 0.6 is 0 Å². The fourth-order valence-corrected chi connectivity index (χ4v) is 1.81. The van der Waals surface area contributed by atoms with E-state index in [9.17, 15) is 14.4 Å². The van der Waals surface area contributed by atoms with E-state index in [1.807, 2.05) is 0 Å². The van der Waals surface area contributed by atoms with Crippen LogP contribution in [0.25, 0.3) is 0 Å². The van der Waals surface area contributed by atoms with Gasteiger partial charge in [-0.15, -0.1) is 0 Å². The van der Waals surface area contributed by atoms with E-state index in [2.05, 4.69) is 5.32 Å². The maximum Gasteiger partial charge on any atom is 0.237 e. The fourth-order valence-electron chi connectivity index (χ4n) is 1.81. The van der Waals surface area contributed by atoms with E-state index in [1.54, 1.807) is 13.8 Å². The average Bonchev–Trinajstić information content (AvgIpc) is 2.42. The summed E-state index contributed by atoms with van der Waals surface area (Å²) >= 11 is 0. The Kier molecular flexibility index (Phi) is 9.00. The van der Waals surface area contributed by atoms with Crippen molar-refractivity contribution < 1.29 is 14.4 Å². The summed E-state index contributed by atoms with van der Waals surface area (Å²) in [5.41, 5.74) is 16.6. The van der Waals surface area contributed by atoms with Crippen LogP contribution in [0.5, 0.6) is 0 Å². The number of hydrogen-bond donors (Lipinski definition) is 4. The molecule has 3 atom stereocenters. The Morgan fingerprint density at radius 3 is 2.00 bits per heavy atom. The third-order valence-electron chi connectivity index (χ3n) is 3.21. The lowest BCUT2D eigenvalue weighted by atomic mass is 9.94. The van der Waals surface area contributed by atoms with Crippen molar-refractivity contribution >= 4 is 17.5 Å². The van der Waals surface area contributed by atoms with Gasteiger partial charge in [-0.05, 0) is 32.2 Å². The molecule has 0 aliphatic rings. The van der Waals surface area contributed by atoms with E-state index in [4.69, 9.17) is 17.2 Å². The van der Waals surface area contributed by atoms with Crippen LogP contribution in [0.15, 0.2) is 0 Å². The monoisotopic (exact) mass is 300 g/mol. The second-order valence-corrected chi connectivity index (χ2v) is 5.64. The van der Waals surface area contributed by atoms with Crippen LogP contribution in [0.4, 0.5) is 0 Å². The van der Waals surface area contributed by atoms with Crippen LogP contribution in [0.3, 0.4) is 0 Å². The number of nitrogens with two attached hydrogens (primary N) is 3. The van der Waals surface area contributed by atoms with E-state index in [1.165, 1.54) is 6.92 Å². The number of nitrogens with one attached hydrogen (secondary N) is 1. The van der Waals surface area contributed by atoms with Gasteiger partial charge in [-0.1, -0.05) is 20.3 Å². The summed E-state index contributed by atoms with van der Waals surface area (Å²) in [5, 5.41) is 2.56. The Morgan fingerprint density at radius 1 is 1.00 bits per heavy atom. The average molecular weight is 300 g/mol. The highest BCUT2D eigenvalue weighted by Crippen LogP contribution is 2.06. The van der Waals surface area contributed by atoms with Gasteiger partial charge in [0, 0.05) is 0 Å². The fraction of sp³-hybridized carbons (Fsp3) is 0.786. The zero-order valence-electron chi connectivity index (χ0n) is 13.1. The van der Waals surface area contributed by atoms with Crippen molar-refractivity contribution in [2.75, 3.05) is 6.54 Å². The summed E-state index contributed by atoms with van der Waals surface area (Å²) in [6.45, 7) is 5.48. The number of ketones is 2. The van der Waals surface area contributed by atoms with Crippen molar-refractivity contribution in [3.63, 3.8) is 0 Å². The molecule has 0 bridgehead atoms. The van der Waals surface area contributed by atoms with Gasteiger partial charge in [0.25, 0.3) is 0 Å². The zero-order chi connectivity index (χ0) is 16.6. The Hall–Kier alpha value is -1.31. The number of hydrogen-bond acceptors (Lipinski definition) is 6. The van der Waals surface area contributed by atoms with E-state index in [0.29, 0.717) is 13.0 Å². The summed E-state index contributed by atoms with van der Waals surface area (Å²) in [6.07, 6.45) is 2.02. The van der Waals surface area contributed by atoms with E-state index >= 15 is 0 Å². The molecule has 0 unspecified atom stereocenters. The van der Waals surface area contributed by atoms with E-state index in [-0.39, 0.29) is 5.92 Å². The molecule has 7 N–H and O–H groups in total. The lowest BCUT2D eigenvalue weighted by molar-refractivity contribution is -0.140. The molecular formula is C14H28N4O3. The molecule has 0 fully saturated rings. The molecule has 7 nitrogen and oxygen atoms in total. The number of carbonyl (C=O) groups excluding carboxylic acids is 3. The van der Waals surface area contributed by atoms with Crippen molar-refractivity contribution in [2.24, 2.45) is 23.1 Å². The SMILES string of the molecule is CC(C)[C@H](NC(=O)[C@@H](N)CCCCN)C(=O)C(=O)[C@H](C)N. The van der Waals surface area contributed by atoms with Gasteiger partial charge in [-0.3, -0.25) is 14.4 Å². The van der Waals surface area contributed by atoms with E-state index in [0.717, 1.165) is 12.8 Å². The molecule has 0 aliphatic heterocycles. The molecule has 0 saturated carbocycles. The summed E-state index contributed by atoms with van der Waals surface area (Å²) in [7, 11) is 0. The minimum atomic E-state index is -0.892. The number of unbranched alkanes of at least 4 members (excludes halogenated alkanes) is 1. The summed E-state index contributed by atoms with van der Waals surface area (Å²) < 4.78 is 0. The predicted octanol–water partition coefficient (Wildman–Crippen LogP) is -0.931. The van der Waals surface area contributed by atoms with Gasteiger partial charge >= 0.3 is 0 Å². The molecule has 0 saturated heterocycles. The first kappa shape index (κ1) is 19.7. The minimum absolute atomic E-state index is 0.222. The molecule has 0 spiro atoms. The van der Waals surface area contributed by atoms with Gasteiger partial charge in [0.05, 0.1) is 18.1 Å². The second-order valence-electron chi connectivity index (χ2n) is 5.64. The van der Waals surface area contributed by atoms with Gasteiger partial charge in [0.2, 0.25) is 17.5 Å². The van der Waals surface area contributed by atoms with Gasteiger partial charge in [0.1, 0.15) is 0 Å². The molecule has 0 rings (SSSR count). The lowest BCUT2D eigenvalue weighted by Gasteiger charge is -2.23. The predicted molar refractivity (Wildman–Crippen MR) is 81.3 cm³/mol. The van der Waals surface area contributed by atoms with Gasteiger partial charge in [-0.2, -0.15) is 0 Å². The van der Waals surface area contributed by atoms with Crippen molar-refractivity contribution in [1.82, 2.24) is 5.32 Å². The highest BCUT2D eigenvalue weighted by Gasteiger charge is 2.31. The quantitative estimate of drug-likeness (QED) is 0.303. The number of amides is 1. The Balaban J connectivity index is 4.67. The van der Waals surface area contributed by atoms with Crippen molar-refractivity contribution in [3.8, 4) is 0 Å². The zero-order valence-corrected chi connectivity index (χ0v) is 13.1. The highest BCUT2D eigenvalue weighted by atomic mass is 16.2. The Labute approximate surface area is 126 Å². The van der Waals surface area contributed by atoms with E-state index < -0.39 is 35.6 Å². The molecule has 122 valence electrons. The van der Waals surface area contributed by atoms with Crippen LogP contribution < -0.4 is 22.5 Å². The lowest BCUT2D eigenvalue weighted by Crippen LogP contribution is -2.54. The van der Waals surface area contributed by atoms with Crippen LogP contribution in [0, 0.1) is 5.92 Å². The molecule has 0 aromatic rings. The molecule has 21 heavy (non-hydrogen) atoms. The van der Waals surface area contributed by atoms with Crippen molar-refractivity contribution in [3.05, 3.63) is 0 Å². The summed E-state index contributed by atoms with van der Waals surface area (Å²) in [5.74, 6) is -2.02. The maximum atomic E-state index is 12.0. The number of rotatable bonds is 10. The molecule has 1 amide bonds. The molecular weight excluding hydrogens is 272 g/mol. The molecule has 7 heteroatoms. The number of carbonyl (C=O) groups is 3. The van der Waals surface area contributed by atoms with Gasteiger partial charge < -0.3 is 22.5 Å². The number of Topliss-reactive ketones (excluding diaryl/α,β-unsaturated/α-hetero) is 2. The van der Waals surface area contributed by atoms with Crippen LogP contribution in [0.2, 0.25) is 0 Å². The topological polar surface area (TPSA) is 141 Å². The summed E-state index contributed by atoms with van der Waals surface area (Å²) in [6, 6.07) is -2.48. The molecule has 0 aliphatic carbocycles. The molecule has 0 radical (unpaired) electrons. The smallest absolute Gasteiger partial charge is 0.237 e. The minimum Gasteiger partial charge on any atom is -0.344 e. The normalized spacial score (nSPS) is 15.4. The largest absolute Gasteiger partial charge is 0.344 e. The second kappa shape index (κ2) is 9.59. The standard InChI is InChI=1S/C14H28N4O3/c1-8(2)11(13(20)12(19)9(3)16)18-14(21)10(17)6-4-5-7-15/h8-11H,4-7,15-17H2,1-3H3,(H,18,21)/t9-,10-,11-/m0/s1. The summed E-state index contributed by atoms with van der Waals surface area (Å²) in [4.78, 5) is 35.7. The third kappa shape index (κ3) is 6.79. The first-order chi connectivity index (χ1) is 9.72. The van der Waals surface area contributed by atoms with Crippen LogP contribution in [0.1, 0.15) is 40.0 Å². The maximum absolute atomic E-state index is 12.0. The van der Waals surface area contributed by atoms with Crippen molar-refractivity contribution in [2.45, 2.75) is 58.2 Å². The molecule has 0 aromatic carbocycles.